The van der Waals surface area contributed by atoms with Crippen molar-refractivity contribution in [3.8, 4) is 0 Å². The van der Waals surface area contributed by atoms with Crippen molar-refractivity contribution >= 4 is 23.1 Å². The van der Waals surface area contributed by atoms with Crippen LogP contribution >= 0.6 is 11.6 Å². The van der Waals surface area contributed by atoms with Crippen molar-refractivity contribution in [2.75, 3.05) is 18.0 Å². The van der Waals surface area contributed by atoms with E-state index in [1.165, 1.54) is 0 Å². The van der Waals surface area contributed by atoms with E-state index >= 15 is 0 Å². The van der Waals surface area contributed by atoms with Gasteiger partial charge in [0, 0.05) is 18.1 Å². The third kappa shape index (κ3) is 3.19. The van der Waals surface area contributed by atoms with E-state index in [9.17, 15) is 5.11 Å². The second kappa shape index (κ2) is 6.61. The van der Waals surface area contributed by atoms with Crippen LogP contribution in [0.1, 0.15) is 30.3 Å². The van der Waals surface area contributed by atoms with Gasteiger partial charge >= 0.3 is 0 Å². The molecule has 7 heteroatoms. The van der Waals surface area contributed by atoms with Crippen LogP contribution in [0.15, 0.2) is 36.4 Å². The number of aliphatic hydroxyl groups excluding tert-OH is 1. The first-order chi connectivity index (χ1) is 12.1. The summed E-state index contributed by atoms with van der Waals surface area (Å²) in [5.41, 5.74) is 1.69. The molecule has 6 nitrogen and oxygen atoms in total. The molecule has 3 heterocycles. The van der Waals surface area contributed by atoms with Gasteiger partial charge in [0.05, 0.1) is 6.10 Å². The lowest BCUT2D eigenvalue weighted by Crippen LogP contribution is -2.36. The van der Waals surface area contributed by atoms with E-state index in [4.69, 9.17) is 11.6 Å². The number of rotatable bonds is 3. The Hall–Kier alpha value is -2.18. The highest BCUT2D eigenvalue weighted by atomic mass is 35.5. The first-order valence-corrected chi connectivity index (χ1v) is 8.87. The van der Waals surface area contributed by atoms with E-state index in [1.807, 2.05) is 43.3 Å². The number of halogens is 1. The van der Waals surface area contributed by atoms with Gasteiger partial charge in [-0.1, -0.05) is 23.7 Å². The number of hydrogen-bond acceptors (Lipinski definition) is 5. The van der Waals surface area contributed by atoms with Gasteiger partial charge in [-0.15, -0.1) is 15.3 Å². The minimum Gasteiger partial charge on any atom is -0.388 e. The molecule has 1 unspecified atom stereocenters. The van der Waals surface area contributed by atoms with Crippen LogP contribution in [0.2, 0.25) is 5.02 Å². The third-order valence-corrected chi connectivity index (χ3v) is 5.18. The summed E-state index contributed by atoms with van der Waals surface area (Å²) in [5, 5.41) is 24.1. The Morgan fingerprint density at radius 1 is 1.08 bits per heavy atom. The second-order valence-electron chi connectivity index (χ2n) is 6.53. The number of aromatic nitrogens is 4. The highest BCUT2D eigenvalue weighted by molar-refractivity contribution is 6.30. The van der Waals surface area contributed by atoms with Crippen molar-refractivity contribution in [1.29, 1.82) is 0 Å². The van der Waals surface area contributed by atoms with Gasteiger partial charge in [0.2, 0.25) is 0 Å². The Balaban J connectivity index is 1.45. The van der Waals surface area contributed by atoms with Gasteiger partial charge < -0.3 is 10.0 Å². The summed E-state index contributed by atoms with van der Waals surface area (Å²) >= 11 is 5.93. The van der Waals surface area contributed by atoms with E-state index < -0.39 is 6.10 Å². The van der Waals surface area contributed by atoms with Crippen LogP contribution in [0.5, 0.6) is 0 Å². The zero-order chi connectivity index (χ0) is 17.4. The summed E-state index contributed by atoms with van der Waals surface area (Å²) in [7, 11) is 0. The SMILES string of the molecule is Cc1nnc2ccc(N3CCC(C(O)c4ccc(Cl)cc4)CC3)nn12. The minimum atomic E-state index is -0.449. The predicted molar refractivity (Wildman–Crippen MR) is 96.9 cm³/mol. The number of anilines is 1. The van der Waals surface area contributed by atoms with Crippen LogP contribution in [0, 0.1) is 12.8 Å². The Bertz CT molecular complexity index is 871. The molecule has 1 saturated heterocycles. The van der Waals surface area contributed by atoms with Crippen molar-refractivity contribution in [1.82, 2.24) is 19.8 Å². The topological polar surface area (TPSA) is 66.5 Å². The second-order valence-corrected chi connectivity index (χ2v) is 6.97. The number of hydrogen-bond donors (Lipinski definition) is 1. The molecule has 4 rings (SSSR count). The highest BCUT2D eigenvalue weighted by Crippen LogP contribution is 2.32. The monoisotopic (exact) mass is 357 g/mol. The molecule has 1 aliphatic rings. The zero-order valence-corrected chi connectivity index (χ0v) is 14.8. The molecule has 0 bridgehead atoms. The number of piperidine rings is 1. The zero-order valence-electron chi connectivity index (χ0n) is 14.0. The van der Waals surface area contributed by atoms with E-state index in [0.29, 0.717) is 5.02 Å². The maximum atomic E-state index is 10.6. The fourth-order valence-corrected chi connectivity index (χ4v) is 3.56. The molecule has 130 valence electrons. The summed E-state index contributed by atoms with van der Waals surface area (Å²) in [6.45, 7) is 3.63. The van der Waals surface area contributed by atoms with Crippen LogP contribution in [0.3, 0.4) is 0 Å². The lowest BCUT2D eigenvalue weighted by Gasteiger charge is -2.35. The average molecular weight is 358 g/mol. The summed E-state index contributed by atoms with van der Waals surface area (Å²) in [5.74, 6) is 1.96. The van der Waals surface area contributed by atoms with Crippen molar-refractivity contribution in [3.05, 3.63) is 52.8 Å². The molecular weight excluding hydrogens is 338 g/mol. The van der Waals surface area contributed by atoms with Crippen molar-refractivity contribution in [2.24, 2.45) is 5.92 Å². The van der Waals surface area contributed by atoms with Gasteiger partial charge in [-0.05, 0) is 55.5 Å². The van der Waals surface area contributed by atoms with Gasteiger partial charge in [-0.2, -0.15) is 4.52 Å². The maximum absolute atomic E-state index is 10.6. The van der Waals surface area contributed by atoms with Gasteiger partial charge in [-0.25, -0.2) is 0 Å². The van der Waals surface area contributed by atoms with Crippen LogP contribution in [0.4, 0.5) is 5.82 Å². The first-order valence-electron chi connectivity index (χ1n) is 8.49. The molecule has 0 saturated carbocycles. The van der Waals surface area contributed by atoms with Crippen molar-refractivity contribution in [2.45, 2.75) is 25.9 Å². The van der Waals surface area contributed by atoms with Gasteiger partial charge in [0.25, 0.3) is 0 Å². The molecule has 1 fully saturated rings. The lowest BCUT2D eigenvalue weighted by atomic mass is 9.87. The molecule has 25 heavy (non-hydrogen) atoms. The molecule has 1 atom stereocenters. The minimum absolute atomic E-state index is 0.248. The largest absolute Gasteiger partial charge is 0.388 e. The summed E-state index contributed by atoms with van der Waals surface area (Å²) in [6.07, 6.45) is 1.39. The standard InChI is InChI=1S/C18H20ClN5O/c1-12-20-21-16-6-7-17(22-24(12)16)23-10-8-14(9-11-23)18(25)13-2-4-15(19)5-3-13/h2-7,14,18,25H,8-11H2,1H3. The summed E-state index contributed by atoms with van der Waals surface area (Å²) in [4.78, 5) is 2.25. The molecule has 1 aromatic carbocycles. The van der Waals surface area contributed by atoms with Gasteiger partial charge in [0.15, 0.2) is 11.5 Å². The molecule has 3 aromatic rings. The molecule has 1 N–H and O–H groups in total. The number of aliphatic hydroxyl groups is 1. The number of aryl methyl sites for hydroxylation is 1. The maximum Gasteiger partial charge on any atom is 0.178 e. The van der Waals surface area contributed by atoms with E-state index in [1.54, 1.807) is 4.52 Å². The van der Waals surface area contributed by atoms with E-state index in [-0.39, 0.29) is 5.92 Å². The fraction of sp³-hybridized carbons (Fsp3) is 0.389. The lowest BCUT2D eigenvalue weighted by molar-refractivity contribution is 0.0928. The smallest absolute Gasteiger partial charge is 0.178 e. The quantitative estimate of drug-likeness (QED) is 0.780. The van der Waals surface area contributed by atoms with E-state index in [2.05, 4.69) is 20.2 Å². The molecule has 2 aromatic heterocycles. The van der Waals surface area contributed by atoms with Crippen LogP contribution < -0.4 is 4.90 Å². The summed E-state index contributed by atoms with van der Waals surface area (Å²) < 4.78 is 1.77. The Morgan fingerprint density at radius 3 is 2.52 bits per heavy atom. The van der Waals surface area contributed by atoms with Crippen molar-refractivity contribution in [3.63, 3.8) is 0 Å². The molecule has 0 amide bonds. The fourth-order valence-electron chi connectivity index (χ4n) is 3.43. The van der Waals surface area contributed by atoms with Crippen LogP contribution in [0.25, 0.3) is 5.65 Å². The summed E-state index contributed by atoms with van der Waals surface area (Å²) in [6, 6.07) is 11.4. The van der Waals surface area contributed by atoms with Crippen molar-refractivity contribution < 1.29 is 5.11 Å². The molecule has 1 aliphatic heterocycles. The van der Waals surface area contributed by atoms with Gasteiger partial charge in [0.1, 0.15) is 5.82 Å². The van der Waals surface area contributed by atoms with Crippen LogP contribution in [-0.4, -0.2) is 38.0 Å². The highest BCUT2D eigenvalue weighted by Gasteiger charge is 2.27. The Kier molecular flexibility index (Phi) is 4.31. The van der Waals surface area contributed by atoms with Crippen LogP contribution in [-0.2, 0) is 0 Å². The number of nitrogens with zero attached hydrogens (tertiary/aromatic N) is 5. The normalized spacial score (nSPS) is 17.2. The molecule has 0 spiro atoms. The molecule has 0 aliphatic carbocycles. The van der Waals surface area contributed by atoms with Gasteiger partial charge in [-0.3, -0.25) is 0 Å². The average Bonchev–Trinajstić information content (AvgIpc) is 3.02. The Morgan fingerprint density at radius 2 is 1.80 bits per heavy atom. The Labute approximate surface area is 151 Å². The third-order valence-electron chi connectivity index (χ3n) is 4.93. The number of fused-ring (bicyclic) bond motifs is 1. The predicted octanol–water partition coefficient (Wildman–Crippen LogP) is 3.04. The molecule has 0 radical (unpaired) electrons. The molecular formula is C18H20ClN5O. The number of benzene rings is 1. The van der Waals surface area contributed by atoms with E-state index in [0.717, 1.165) is 48.8 Å². The first kappa shape index (κ1) is 16.3.